The van der Waals surface area contributed by atoms with Crippen LogP contribution in [0.4, 0.5) is 0 Å². The summed E-state index contributed by atoms with van der Waals surface area (Å²) in [6.45, 7) is 2.63. The first-order valence-electron chi connectivity index (χ1n) is 7.59. The Morgan fingerprint density at radius 2 is 1.96 bits per heavy atom. The lowest BCUT2D eigenvalue weighted by atomic mass is 10.1. The van der Waals surface area contributed by atoms with Gasteiger partial charge in [-0.1, -0.05) is 24.3 Å². The summed E-state index contributed by atoms with van der Waals surface area (Å²) >= 11 is 1.47. The zero-order valence-corrected chi connectivity index (χ0v) is 14.6. The van der Waals surface area contributed by atoms with E-state index in [0.29, 0.717) is 18.5 Å². The summed E-state index contributed by atoms with van der Waals surface area (Å²) in [5.74, 6) is -0.0576. The standard InChI is InChI=1S/C17H19NO3S2/c1-13-5-2-3-6-14(13)17(19)18-9-8-16(15-7-4-11-22-15)23(20,21)12-10-18/h2-7,11,16H,8-10,12H2,1H3/t16-/m0/s1. The number of thiophene rings is 1. The van der Waals surface area contributed by atoms with Crippen LogP contribution in [0.1, 0.15) is 32.5 Å². The van der Waals surface area contributed by atoms with Gasteiger partial charge in [-0.3, -0.25) is 4.79 Å². The molecular formula is C17H19NO3S2. The highest BCUT2D eigenvalue weighted by molar-refractivity contribution is 7.91. The summed E-state index contributed by atoms with van der Waals surface area (Å²) in [5, 5.41) is 1.41. The average Bonchev–Trinajstić information content (AvgIpc) is 2.99. The Labute approximate surface area is 140 Å². The van der Waals surface area contributed by atoms with E-state index >= 15 is 0 Å². The second kappa shape index (κ2) is 6.45. The molecule has 0 aliphatic carbocycles. The molecule has 0 saturated carbocycles. The van der Waals surface area contributed by atoms with Gasteiger partial charge in [0.15, 0.2) is 9.84 Å². The van der Waals surface area contributed by atoms with Crippen molar-refractivity contribution in [1.29, 1.82) is 0 Å². The molecule has 1 aromatic carbocycles. The van der Waals surface area contributed by atoms with Crippen LogP contribution in [0.2, 0.25) is 0 Å². The molecule has 23 heavy (non-hydrogen) atoms. The van der Waals surface area contributed by atoms with Crippen molar-refractivity contribution in [1.82, 2.24) is 4.90 Å². The third kappa shape index (κ3) is 3.33. The monoisotopic (exact) mass is 349 g/mol. The molecule has 1 aliphatic rings. The normalized spacial score (nSPS) is 20.9. The number of nitrogens with zero attached hydrogens (tertiary/aromatic N) is 1. The van der Waals surface area contributed by atoms with Crippen molar-refractivity contribution in [3.63, 3.8) is 0 Å². The molecule has 2 heterocycles. The molecule has 0 unspecified atom stereocenters. The van der Waals surface area contributed by atoms with Crippen LogP contribution in [-0.2, 0) is 9.84 Å². The lowest BCUT2D eigenvalue weighted by molar-refractivity contribution is 0.0766. The van der Waals surface area contributed by atoms with Crippen molar-refractivity contribution in [2.75, 3.05) is 18.8 Å². The minimum absolute atomic E-state index is 0.0210. The number of carbonyl (C=O) groups is 1. The molecule has 0 bridgehead atoms. The second-order valence-electron chi connectivity index (χ2n) is 5.77. The molecule has 1 aliphatic heterocycles. The van der Waals surface area contributed by atoms with Crippen molar-refractivity contribution in [3.8, 4) is 0 Å². The van der Waals surface area contributed by atoms with Crippen LogP contribution in [-0.4, -0.2) is 38.1 Å². The lowest BCUT2D eigenvalue weighted by Gasteiger charge is -2.21. The summed E-state index contributed by atoms with van der Waals surface area (Å²) in [7, 11) is -3.23. The summed E-state index contributed by atoms with van der Waals surface area (Å²) in [4.78, 5) is 15.3. The van der Waals surface area contributed by atoms with Gasteiger partial charge in [-0.25, -0.2) is 8.42 Å². The Balaban J connectivity index is 1.83. The zero-order valence-electron chi connectivity index (χ0n) is 12.9. The summed E-state index contributed by atoms with van der Waals surface area (Å²) < 4.78 is 25.1. The first-order chi connectivity index (χ1) is 11.0. The third-order valence-corrected chi connectivity index (χ3v) is 7.51. The number of rotatable bonds is 2. The molecule has 3 rings (SSSR count). The summed E-state index contributed by atoms with van der Waals surface area (Å²) in [6, 6.07) is 11.2. The topological polar surface area (TPSA) is 54.5 Å². The molecular weight excluding hydrogens is 330 g/mol. The maximum Gasteiger partial charge on any atom is 0.254 e. The van der Waals surface area contributed by atoms with Crippen LogP contribution in [0, 0.1) is 6.92 Å². The number of sulfone groups is 1. The van der Waals surface area contributed by atoms with Gasteiger partial charge in [0.1, 0.15) is 0 Å². The molecule has 2 aromatic rings. The van der Waals surface area contributed by atoms with Crippen LogP contribution >= 0.6 is 11.3 Å². The molecule has 1 amide bonds. The highest BCUT2D eigenvalue weighted by Crippen LogP contribution is 2.32. The number of benzene rings is 1. The molecule has 6 heteroatoms. The maximum absolute atomic E-state index is 12.7. The van der Waals surface area contributed by atoms with E-state index in [1.165, 1.54) is 11.3 Å². The smallest absolute Gasteiger partial charge is 0.254 e. The predicted octanol–water partition coefficient (Wildman–Crippen LogP) is 3.06. The number of hydrogen-bond acceptors (Lipinski definition) is 4. The minimum Gasteiger partial charge on any atom is -0.338 e. The molecule has 122 valence electrons. The fourth-order valence-electron chi connectivity index (χ4n) is 2.92. The van der Waals surface area contributed by atoms with E-state index in [1.807, 2.05) is 42.6 Å². The van der Waals surface area contributed by atoms with Crippen molar-refractivity contribution >= 4 is 27.1 Å². The van der Waals surface area contributed by atoms with E-state index in [1.54, 1.807) is 11.0 Å². The van der Waals surface area contributed by atoms with Crippen molar-refractivity contribution in [2.24, 2.45) is 0 Å². The highest BCUT2D eigenvalue weighted by Gasteiger charge is 2.33. The molecule has 0 N–H and O–H groups in total. The van der Waals surface area contributed by atoms with Gasteiger partial charge in [0.2, 0.25) is 0 Å². The molecule has 1 aromatic heterocycles. The Hall–Kier alpha value is -1.66. The van der Waals surface area contributed by atoms with E-state index in [0.717, 1.165) is 10.4 Å². The Morgan fingerprint density at radius 3 is 2.65 bits per heavy atom. The average molecular weight is 349 g/mol. The van der Waals surface area contributed by atoms with Gasteiger partial charge in [-0.05, 0) is 36.4 Å². The SMILES string of the molecule is Cc1ccccc1C(=O)N1CC[C@@H](c2cccs2)S(=O)(=O)CC1. The van der Waals surface area contributed by atoms with Gasteiger partial charge >= 0.3 is 0 Å². The molecule has 0 radical (unpaired) electrons. The van der Waals surface area contributed by atoms with Gasteiger partial charge in [0.25, 0.3) is 5.91 Å². The van der Waals surface area contributed by atoms with Crippen molar-refractivity contribution in [3.05, 3.63) is 57.8 Å². The number of aryl methyl sites for hydroxylation is 1. The van der Waals surface area contributed by atoms with E-state index < -0.39 is 15.1 Å². The number of carbonyl (C=O) groups excluding carboxylic acids is 1. The first kappa shape index (κ1) is 16.2. The fourth-order valence-corrected chi connectivity index (χ4v) is 5.93. The molecule has 4 nitrogen and oxygen atoms in total. The quantitative estimate of drug-likeness (QED) is 0.837. The van der Waals surface area contributed by atoms with E-state index in [2.05, 4.69) is 0 Å². The van der Waals surface area contributed by atoms with Gasteiger partial charge in [0.05, 0.1) is 11.0 Å². The first-order valence-corrected chi connectivity index (χ1v) is 10.2. The van der Waals surface area contributed by atoms with Gasteiger partial charge in [0, 0.05) is 23.5 Å². The molecule has 1 fully saturated rings. The Kier molecular flexibility index (Phi) is 4.55. The zero-order chi connectivity index (χ0) is 16.4. The van der Waals surface area contributed by atoms with Gasteiger partial charge in [-0.2, -0.15) is 0 Å². The van der Waals surface area contributed by atoms with Gasteiger partial charge in [-0.15, -0.1) is 11.3 Å². The van der Waals surface area contributed by atoms with E-state index in [4.69, 9.17) is 0 Å². The lowest BCUT2D eigenvalue weighted by Crippen LogP contribution is -2.34. The number of amides is 1. The second-order valence-corrected chi connectivity index (χ2v) is 9.05. The predicted molar refractivity (Wildman–Crippen MR) is 92.5 cm³/mol. The van der Waals surface area contributed by atoms with Crippen LogP contribution < -0.4 is 0 Å². The largest absolute Gasteiger partial charge is 0.338 e. The van der Waals surface area contributed by atoms with Crippen LogP contribution in [0.3, 0.4) is 0 Å². The van der Waals surface area contributed by atoms with Crippen molar-refractivity contribution < 1.29 is 13.2 Å². The minimum atomic E-state index is -3.23. The Bertz CT molecular complexity index is 797. The van der Waals surface area contributed by atoms with Crippen LogP contribution in [0.15, 0.2) is 41.8 Å². The maximum atomic E-state index is 12.7. The van der Waals surface area contributed by atoms with Crippen LogP contribution in [0.25, 0.3) is 0 Å². The Morgan fingerprint density at radius 1 is 1.17 bits per heavy atom. The fraction of sp³-hybridized carbons (Fsp3) is 0.353. The third-order valence-electron chi connectivity index (χ3n) is 4.26. The molecule has 1 saturated heterocycles. The molecule has 1 atom stereocenters. The van der Waals surface area contributed by atoms with Crippen LogP contribution in [0.5, 0.6) is 0 Å². The summed E-state index contributed by atoms with van der Waals surface area (Å²) in [6.07, 6.45) is 0.459. The summed E-state index contributed by atoms with van der Waals surface area (Å²) in [5.41, 5.74) is 1.57. The van der Waals surface area contributed by atoms with E-state index in [-0.39, 0.29) is 18.2 Å². The number of hydrogen-bond donors (Lipinski definition) is 0. The molecule has 0 spiro atoms. The van der Waals surface area contributed by atoms with E-state index in [9.17, 15) is 13.2 Å². The van der Waals surface area contributed by atoms with Gasteiger partial charge < -0.3 is 4.90 Å². The highest BCUT2D eigenvalue weighted by atomic mass is 32.2. The van der Waals surface area contributed by atoms with Crippen molar-refractivity contribution in [2.45, 2.75) is 18.6 Å².